The lowest BCUT2D eigenvalue weighted by atomic mass is 10.1. The Balaban J connectivity index is 1.87. The monoisotopic (exact) mass is 325 g/mol. The third kappa shape index (κ3) is 5.73. The molecule has 0 unspecified atom stereocenters. The molecule has 2 atom stereocenters. The Morgan fingerprint density at radius 1 is 1.17 bits per heavy atom. The molecule has 5 heteroatoms. The summed E-state index contributed by atoms with van der Waals surface area (Å²) in [5.41, 5.74) is 0. The molecule has 0 spiro atoms. The number of carbonyl (C=O) groups excluding carboxylic acids is 1. The third-order valence-electron chi connectivity index (χ3n) is 5.24. The lowest BCUT2D eigenvalue weighted by molar-refractivity contribution is -0.126. The molecule has 0 bridgehead atoms. The second-order valence-corrected chi connectivity index (χ2v) is 7.38. The molecule has 1 saturated heterocycles. The molecule has 1 aliphatic heterocycles. The van der Waals surface area contributed by atoms with Crippen LogP contribution in [0.15, 0.2) is 0 Å². The van der Waals surface area contributed by atoms with Gasteiger partial charge in [-0.25, -0.2) is 0 Å². The maximum Gasteiger partial charge on any atom is 0.237 e. The lowest BCUT2D eigenvalue weighted by Crippen LogP contribution is -2.46. The number of ether oxygens (including phenoxy) is 1. The summed E-state index contributed by atoms with van der Waals surface area (Å²) in [5, 5.41) is 6.86. The predicted molar refractivity (Wildman–Crippen MR) is 93.5 cm³/mol. The standard InChI is InChI=1S/C18H35N3O2/c1-14(2)21-13-16(20-15-8-6-4-5-7-9-15)12-17(21)18(22)19-10-11-23-3/h14-17,20H,4-13H2,1-3H3,(H,19,22)/t16-,17+/m1/s1. The summed E-state index contributed by atoms with van der Waals surface area (Å²) in [6.07, 6.45) is 8.97. The van der Waals surface area contributed by atoms with Crippen molar-refractivity contribution in [1.29, 1.82) is 0 Å². The molecule has 134 valence electrons. The van der Waals surface area contributed by atoms with Gasteiger partial charge in [0.15, 0.2) is 0 Å². The molecule has 23 heavy (non-hydrogen) atoms. The Labute approximate surface area is 141 Å². The van der Waals surface area contributed by atoms with Crippen LogP contribution in [0.4, 0.5) is 0 Å². The van der Waals surface area contributed by atoms with Gasteiger partial charge in [0.2, 0.25) is 5.91 Å². The normalized spacial score (nSPS) is 27.3. The molecular formula is C18H35N3O2. The van der Waals surface area contributed by atoms with Crippen molar-refractivity contribution in [3.05, 3.63) is 0 Å². The quantitative estimate of drug-likeness (QED) is 0.555. The summed E-state index contributed by atoms with van der Waals surface area (Å²) in [6, 6.07) is 1.48. The van der Waals surface area contributed by atoms with Gasteiger partial charge < -0.3 is 15.4 Å². The van der Waals surface area contributed by atoms with E-state index in [9.17, 15) is 4.79 Å². The van der Waals surface area contributed by atoms with Crippen molar-refractivity contribution in [3.8, 4) is 0 Å². The zero-order valence-corrected chi connectivity index (χ0v) is 15.1. The SMILES string of the molecule is COCCNC(=O)[C@@H]1C[C@@H](NC2CCCCCC2)CN1C(C)C. The van der Waals surface area contributed by atoms with Crippen molar-refractivity contribution < 1.29 is 9.53 Å². The first-order valence-corrected chi connectivity index (χ1v) is 9.40. The van der Waals surface area contributed by atoms with E-state index in [1.165, 1.54) is 38.5 Å². The van der Waals surface area contributed by atoms with Crippen molar-refractivity contribution in [1.82, 2.24) is 15.5 Å². The van der Waals surface area contributed by atoms with E-state index in [0.717, 1.165) is 13.0 Å². The fourth-order valence-electron chi connectivity index (χ4n) is 3.98. The zero-order chi connectivity index (χ0) is 16.7. The zero-order valence-electron chi connectivity index (χ0n) is 15.1. The summed E-state index contributed by atoms with van der Waals surface area (Å²) in [5.74, 6) is 0.154. The Morgan fingerprint density at radius 3 is 2.48 bits per heavy atom. The second kappa shape index (κ2) is 9.60. The number of methoxy groups -OCH3 is 1. The number of hydrogen-bond donors (Lipinski definition) is 2. The Bertz CT molecular complexity index is 354. The summed E-state index contributed by atoms with van der Waals surface area (Å²) in [4.78, 5) is 14.8. The van der Waals surface area contributed by atoms with E-state index in [1.54, 1.807) is 7.11 Å². The number of rotatable bonds is 7. The molecule has 1 aliphatic carbocycles. The minimum absolute atomic E-state index is 0.00451. The lowest BCUT2D eigenvalue weighted by Gasteiger charge is -2.27. The van der Waals surface area contributed by atoms with Crippen LogP contribution < -0.4 is 10.6 Å². The van der Waals surface area contributed by atoms with Crippen LogP contribution in [-0.2, 0) is 9.53 Å². The van der Waals surface area contributed by atoms with E-state index in [0.29, 0.717) is 31.3 Å². The number of nitrogens with zero attached hydrogens (tertiary/aromatic N) is 1. The van der Waals surface area contributed by atoms with E-state index in [2.05, 4.69) is 29.4 Å². The maximum atomic E-state index is 12.5. The highest BCUT2D eigenvalue weighted by atomic mass is 16.5. The van der Waals surface area contributed by atoms with E-state index in [4.69, 9.17) is 4.74 Å². The molecular weight excluding hydrogens is 290 g/mol. The molecule has 2 rings (SSSR count). The highest BCUT2D eigenvalue weighted by molar-refractivity contribution is 5.82. The first-order valence-electron chi connectivity index (χ1n) is 9.40. The highest BCUT2D eigenvalue weighted by Gasteiger charge is 2.38. The minimum atomic E-state index is -0.00451. The fourth-order valence-corrected chi connectivity index (χ4v) is 3.98. The Kier molecular flexibility index (Phi) is 7.80. The minimum Gasteiger partial charge on any atom is -0.383 e. The van der Waals surface area contributed by atoms with Gasteiger partial charge in [0.05, 0.1) is 12.6 Å². The number of nitrogens with one attached hydrogen (secondary N) is 2. The van der Waals surface area contributed by atoms with Crippen molar-refractivity contribution in [2.24, 2.45) is 0 Å². The van der Waals surface area contributed by atoms with Gasteiger partial charge in [-0.05, 0) is 33.1 Å². The van der Waals surface area contributed by atoms with Crippen LogP contribution in [0.2, 0.25) is 0 Å². The van der Waals surface area contributed by atoms with Crippen LogP contribution in [0.25, 0.3) is 0 Å². The molecule has 2 N–H and O–H groups in total. The average Bonchev–Trinajstić information content (AvgIpc) is 2.77. The molecule has 2 fully saturated rings. The van der Waals surface area contributed by atoms with Crippen molar-refractivity contribution in [3.63, 3.8) is 0 Å². The number of amides is 1. The summed E-state index contributed by atoms with van der Waals surface area (Å²) >= 11 is 0. The van der Waals surface area contributed by atoms with E-state index in [-0.39, 0.29) is 11.9 Å². The maximum absolute atomic E-state index is 12.5. The molecule has 0 aromatic rings. The summed E-state index contributed by atoms with van der Waals surface area (Å²) in [6.45, 7) is 6.52. The van der Waals surface area contributed by atoms with Gasteiger partial charge in [0, 0.05) is 38.3 Å². The topological polar surface area (TPSA) is 53.6 Å². The molecule has 1 amide bonds. The van der Waals surface area contributed by atoms with Gasteiger partial charge in [0.25, 0.3) is 0 Å². The van der Waals surface area contributed by atoms with E-state index in [1.807, 2.05) is 0 Å². The van der Waals surface area contributed by atoms with E-state index >= 15 is 0 Å². The Morgan fingerprint density at radius 2 is 1.87 bits per heavy atom. The van der Waals surface area contributed by atoms with E-state index < -0.39 is 0 Å². The molecule has 5 nitrogen and oxygen atoms in total. The van der Waals surface area contributed by atoms with Crippen molar-refractivity contribution in [2.45, 2.75) is 83.0 Å². The van der Waals surface area contributed by atoms with Gasteiger partial charge >= 0.3 is 0 Å². The Hall–Kier alpha value is -0.650. The smallest absolute Gasteiger partial charge is 0.237 e. The molecule has 1 heterocycles. The van der Waals surface area contributed by atoms with Crippen LogP contribution in [0.1, 0.15) is 58.8 Å². The van der Waals surface area contributed by atoms with Crippen LogP contribution in [0.3, 0.4) is 0 Å². The molecule has 2 aliphatic rings. The van der Waals surface area contributed by atoms with Crippen LogP contribution >= 0.6 is 0 Å². The summed E-state index contributed by atoms with van der Waals surface area (Å²) < 4.78 is 5.02. The predicted octanol–water partition coefficient (Wildman–Crippen LogP) is 1.91. The number of likely N-dealkylation sites (tertiary alicyclic amines) is 1. The largest absolute Gasteiger partial charge is 0.383 e. The van der Waals surface area contributed by atoms with Crippen LogP contribution in [0, 0.1) is 0 Å². The van der Waals surface area contributed by atoms with Gasteiger partial charge in [-0.2, -0.15) is 0 Å². The first-order chi connectivity index (χ1) is 11.1. The van der Waals surface area contributed by atoms with Gasteiger partial charge in [-0.15, -0.1) is 0 Å². The molecule has 0 aromatic heterocycles. The van der Waals surface area contributed by atoms with Gasteiger partial charge in [0.1, 0.15) is 0 Å². The first kappa shape index (κ1) is 18.7. The van der Waals surface area contributed by atoms with Crippen LogP contribution in [0.5, 0.6) is 0 Å². The number of carbonyl (C=O) groups is 1. The molecule has 0 radical (unpaired) electrons. The van der Waals surface area contributed by atoms with Gasteiger partial charge in [-0.1, -0.05) is 25.7 Å². The van der Waals surface area contributed by atoms with Crippen LogP contribution in [-0.4, -0.2) is 61.8 Å². The summed E-state index contributed by atoms with van der Waals surface area (Å²) in [7, 11) is 1.66. The molecule has 1 saturated carbocycles. The highest BCUT2D eigenvalue weighted by Crippen LogP contribution is 2.24. The fraction of sp³-hybridized carbons (Fsp3) is 0.944. The number of hydrogen-bond acceptors (Lipinski definition) is 4. The van der Waals surface area contributed by atoms with Crippen molar-refractivity contribution >= 4 is 5.91 Å². The van der Waals surface area contributed by atoms with Crippen molar-refractivity contribution in [2.75, 3.05) is 26.8 Å². The second-order valence-electron chi connectivity index (χ2n) is 7.38. The third-order valence-corrected chi connectivity index (χ3v) is 5.24. The molecule has 0 aromatic carbocycles. The van der Waals surface area contributed by atoms with Gasteiger partial charge in [-0.3, -0.25) is 9.69 Å². The average molecular weight is 325 g/mol.